The van der Waals surface area contributed by atoms with Crippen molar-refractivity contribution in [1.82, 2.24) is 9.91 Å². The fourth-order valence-corrected chi connectivity index (χ4v) is 9.52. The van der Waals surface area contributed by atoms with Crippen LogP contribution in [0.25, 0.3) is 5.57 Å². The zero-order valence-electron chi connectivity index (χ0n) is 35.4. The second-order valence-electron chi connectivity index (χ2n) is 17.0. The molecule has 6 N–H and O–H groups in total. The topological polar surface area (TPSA) is 202 Å². The number of hydrogen-bond acceptors (Lipinski definition) is 13. The third-order valence-electron chi connectivity index (χ3n) is 13.1. The van der Waals surface area contributed by atoms with Crippen molar-refractivity contribution < 1.29 is 49.4 Å². The molecule has 1 saturated heterocycles. The predicted octanol–water partition coefficient (Wildman–Crippen LogP) is 5.07. The normalized spacial score (nSPS) is 33.0. The first-order chi connectivity index (χ1) is 28.6. The molecule has 324 valence electrons. The van der Waals surface area contributed by atoms with Gasteiger partial charge in [-0.1, -0.05) is 69.9 Å². The van der Waals surface area contributed by atoms with Gasteiger partial charge in [-0.3, -0.25) is 24.3 Å². The molecule has 7 rings (SSSR count). The van der Waals surface area contributed by atoms with Crippen LogP contribution in [0.4, 0.5) is 5.69 Å². The lowest BCUT2D eigenvalue weighted by atomic mass is 9.71. The van der Waals surface area contributed by atoms with Gasteiger partial charge in [-0.2, -0.15) is 5.10 Å². The van der Waals surface area contributed by atoms with Crippen molar-refractivity contribution >= 4 is 35.1 Å². The summed E-state index contributed by atoms with van der Waals surface area (Å²) < 4.78 is 12.0. The van der Waals surface area contributed by atoms with Crippen molar-refractivity contribution in [3.8, 4) is 23.3 Å². The zero-order valence-corrected chi connectivity index (χ0v) is 35.4. The van der Waals surface area contributed by atoms with E-state index in [1.807, 2.05) is 5.01 Å². The Morgan fingerprint density at radius 1 is 0.983 bits per heavy atom. The van der Waals surface area contributed by atoms with E-state index in [1.165, 1.54) is 52.0 Å². The molecule has 1 saturated carbocycles. The van der Waals surface area contributed by atoms with Crippen LogP contribution in [0.2, 0.25) is 0 Å². The third-order valence-corrected chi connectivity index (χ3v) is 13.1. The Bertz CT molecular complexity index is 2030. The van der Waals surface area contributed by atoms with Gasteiger partial charge < -0.3 is 40.3 Å². The lowest BCUT2D eigenvalue weighted by molar-refractivity contribution is -0.157. The number of phenols is 2. The van der Waals surface area contributed by atoms with Crippen molar-refractivity contribution in [3.63, 3.8) is 0 Å². The Hall–Kier alpha value is -4.94. The molecule has 0 aromatic heterocycles. The molecule has 2 unspecified atom stereocenters. The maximum absolute atomic E-state index is 14.1. The first-order valence-corrected chi connectivity index (χ1v) is 21.1. The van der Waals surface area contributed by atoms with Crippen molar-refractivity contribution in [2.24, 2.45) is 34.7 Å². The van der Waals surface area contributed by atoms with Gasteiger partial charge in [-0.05, 0) is 31.6 Å². The van der Waals surface area contributed by atoms with Gasteiger partial charge in [0.05, 0.1) is 47.3 Å². The molecule has 60 heavy (non-hydrogen) atoms. The highest BCUT2D eigenvalue weighted by Crippen LogP contribution is 2.51. The standard InChI is InChI=1S/C46H60N4O10/c1-25-11-9-12-26(2)46(58)48-42-32(24-47-50-21-19-49(20-22-50)30-13-7-8-14-30)44(56)41-39-31(17-18-34(53)40(41)45(42)57)27(3)38(36(59-6)16-10-15-33(39)52)37(60-29(5)51)23-35(54)28(4)43(25)55/h9-12,16,24-25,27-28,30-31,35-38,43,52,54-57H,7-8,13-15,19-23H2,1-6H3,(H,48,58)/b11-9+,16-10+,26-12-,39-33?,47-24+/t25-,27?,28-,31?,35-,36-,37-,38-,43-/m0/s1. The Labute approximate surface area is 352 Å². The fourth-order valence-electron chi connectivity index (χ4n) is 9.52. The van der Waals surface area contributed by atoms with E-state index in [1.54, 1.807) is 52.0 Å². The number of nitrogens with one attached hydrogen (secondary N) is 1. The number of benzene rings is 1. The quantitative estimate of drug-likeness (QED) is 0.0439. The number of fused-ring (bicyclic) bond motifs is 10. The first-order valence-electron chi connectivity index (χ1n) is 21.1. The number of aliphatic hydroxyl groups is 3. The molecule has 6 aliphatic rings. The van der Waals surface area contributed by atoms with E-state index in [4.69, 9.17) is 14.6 Å². The summed E-state index contributed by atoms with van der Waals surface area (Å²) in [4.78, 5) is 43.2. The number of hydrogen-bond donors (Lipinski definition) is 6. The highest BCUT2D eigenvalue weighted by molar-refractivity contribution is 6.19. The van der Waals surface area contributed by atoms with E-state index < -0.39 is 88.7 Å². The second kappa shape index (κ2) is 19.2. The highest BCUT2D eigenvalue weighted by Gasteiger charge is 2.45. The van der Waals surface area contributed by atoms with Gasteiger partial charge >= 0.3 is 5.97 Å². The number of amides is 1. The van der Waals surface area contributed by atoms with Gasteiger partial charge in [0.1, 0.15) is 17.6 Å². The third kappa shape index (κ3) is 9.34. The van der Waals surface area contributed by atoms with Crippen molar-refractivity contribution in [2.75, 3.05) is 38.6 Å². The van der Waals surface area contributed by atoms with Gasteiger partial charge in [0.25, 0.3) is 5.91 Å². The average molecular weight is 829 g/mol. The fraction of sp³-hybridized carbons (Fsp3) is 0.565. The number of piperazine rings is 1. The van der Waals surface area contributed by atoms with Crippen LogP contribution in [-0.2, 0) is 19.1 Å². The van der Waals surface area contributed by atoms with Crippen LogP contribution in [0, 0.1) is 41.4 Å². The van der Waals surface area contributed by atoms with Crippen LogP contribution in [-0.4, -0.2) is 123 Å². The van der Waals surface area contributed by atoms with Crippen LogP contribution >= 0.6 is 0 Å². The number of allylic oxidation sites excluding steroid dienone is 4. The number of nitrogens with zero attached hydrogens (tertiary/aromatic N) is 3. The number of rotatable bonds is 5. The molecular weight excluding hydrogens is 769 g/mol. The minimum atomic E-state index is -1.17. The molecule has 0 radical (unpaired) electrons. The Kier molecular flexibility index (Phi) is 14.3. The van der Waals surface area contributed by atoms with Crippen LogP contribution in [0.5, 0.6) is 11.5 Å². The molecule has 3 aliphatic carbocycles. The number of Topliss-reactive ketones (excluding diaryl/α,β-unsaturated/α-hetero) is 1. The number of esters is 1. The van der Waals surface area contributed by atoms with E-state index in [0.29, 0.717) is 19.1 Å². The van der Waals surface area contributed by atoms with Crippen LogP contribution in [0.15, 0.2) is 46.8 Å². The van der Waals surface area contributed by atoms with Crippen LogP contribution in [0.3, 0.4) is 0 Å². The van der Waals surface area contributed by atoms with Crippen molar-refractivity contribution in [1.29, 1.82) is 0 Å². The van der Waals surface area contributed by atoms with Crippen molar-refractivity contribution in [3.05, 3.63) is 58.4 Å². The summed E-state index contributed by atoms with van der Waals surface area (Å²) >= 11 is 0. The van der Waals surface area contributed by atoms with E-state index in [9.17, 15) is 39.9 Å². The van der Waals surface area contributed by atoms with Gasteiger partial charge in [0.15, 0.2) is 5.75 Å². The average Bonchev–Trinajstić information content (AvgIpc) is 3.72. The molecule has 1 aromatic carbocycles. The number of ketones is 1. The van der Waals surface area contributed by atoms with E-state index in [-0.39, 0.29) is 46.6 Å². The Morgan fingerprint density at radius 2 is 1.68 bits per heavy atom. The lowest BCUT2D eigenvalue weighted by Gasteiger charge is -2.39. The minimum Gasteiger partial charge on any atom is -0.512 e. The van der Waals surface area contributed by atoms with E-state index >= 15 is 0 Å². The Morgan fingerprint density at radius 3 is 2.35 bits per heavy atom. The monoisotopic (exact) mass is 828 g/mol. The number of phenolic OH excluding ortho intramolecular Hbond substituents is 2. The number of aromatic hydroxyl groups is 2. The number of anilines is 1. The Balaban J connectivity index is 1.56. The first kappa shape index (κ1) is 44.6. The molecule has 0 spiro atoms. The molecule has 14 nitrogen and oxygen atoms in total. The summed E-state index contributed by atoms with van der Waals surface area (Å²) in [6.07, 6.45) is 10.2. The minimum absolute atomic E-state index is 0.0584. The van der Waals surface area contributed by atoms with E-state index in [2.05, 4.69) is 22.1 Å². The number of aliphatic hydroxyl groups excluding tert-OH is 3. The maximum atomic E-state index is 14.1. The van der Waals surface area contributed by atoms with Crippen LogP contribution < -0.4 is 5.32 Å². The zero-order chi connectivity index (χ0) is 43.4. The summed E-state index contributed by atoms with van der Waals surface area (Å²) in [5.74, 6) is -1.62. The molecule has 9 atom stereocenters. The van der Waals surface area contributed by atoms with Crippen LogP contribution in [0.1, 0.15) is 94.6 Å². The lowest BCUT2D eigenvalue weighted by Crippen LogP contribution is -2.47. The number of carbonyl (C=O) groups is 3. The maximum Gasteiger partial charge on any atom is 0.302 e. The summed E-state index contributed by atoms with van der Waals surface area (Å²) in [5, 5.41) is 68.9. The molecular formula is C46H60N4O10. The van der Waals surface area contributed by atoms with E-state index in [0.717, 1.165) is 13.1 Å². The molecule has 3 heterocycles. The molecule has 14 heteroatoms. The smallest absolute Gasteiger partial charge is 0.302 e. The molecule has 1 aromatic rings. The second-order valence-corrected chi connectivity index (χ2v) is 17.0. The number of methoxy groups -OCH3 is 1. The predicted molar refractivity (Wildman–Crippen MR) is 227 cm³/mol. The summed E-state index contributed by atoms with van der Waals surface area (Å²) in [5.41, 5.74) is -0.692. The summed E-state index contributed by atoms with van der Waals surface area (Å²) in [7, 11) is 1.49. The summed E-state index contributed by atoms with van der Waals surface area (Å²) in [6.45, 7) is 10.9. The van der Waals surface area contributed by atoms with Gasteiger partial charge in [-0.25, -0.2) is 0 Å². The SMILES string of the molecule is CO[C@H]1/C=C/CC(O)=C2c3c(O)c(/C=N/N4CCN(C5CCCC5)CC4)c4c(O)c3C(=O)C#CC2C(C)[C@@H]1[C@@H](OC(C)=O)C[C@H](O)[C@H](C)[C@@H](O)[C@@H](C)/C=C/C=C(/C)C(=O)N4. The molecule has 1 amide bonds. The largest absolute Gasteiger partial charge is 0.512 e. The molecule has 3 aliphatic heterocycles. The van der Waals surface area contributed by atoms with Gasteiger partial charge in [0.2, 0.25) is 5.78 Å². The molecule has 6 bridgehead atoms. The highest BCUT2D eigenvalue weighted by atomic mass is 16.5. The number of hydrazone groups is 1. The van der Waals surface area contributed by atoms with Gasteiger partial charge in [-0.15, -0.1) is 0 Å². The van der Waals surface area contributed by atoms with Gasteiger partial charge in [0, 0.05) is 93.6 Å². The number of ether oxygens (including phenoxy) is 2. The number of carbonyl (C=O) groups excluding carboxylic acids is 3. The molecule has 2 fully saturated rings. The summed E-state index contributed by atoms with van der Waals surface area (Å²) in [6, 6.07) is 0.557. The van der Waals surface area contributed by atoms with Crippen molar-refractivity contribution in [2.45, 2.75) is 104 Å².